The van der Waals surface area contributed by atoms with Gasteiger partial charge in [-0.3, -0.25) is 4.79 Å². The number of thioether (sulfide) groups is 1. The Labute approximate surface area is 126 Å². The van der Waals surface area contributed by atoms with Crippen LogP contribution in [0.25, 0.3) is 0 Å². The summed E-state index contributed by atoms with van der Waals surface area (Å²) in [6, 6.07) is 8.13. The number of carbonyl (C=O) groups is 1. The van der Waals surface area contributed by atoms with Crippen molar-refractivity contribution in [3.05, 3.63) is 29.8 Å². The first-order chi connectivity index (χ1) is 8.74. The van der Waals surface area contributed by atoms with E-state index in [9.17, 15) is 4.79 Å². The molecule has 0 fully saturated rings. The Morgan fingerprint density at radius 3 is 2.63 bits per heavy atom. The van der Waals surface area contributed by atoms with Gasteiger partial charge in [0.05, 0.1) is 5.75 Å². The Morgan fingerprint density at radius 2 is 1.95 bits per heavy atom. The lowest BCUT2D eigenvalue weighted by atomic mass is 10.2. The van der Waals surface area contributed by atoms with Crippen LogP contribution in [-0.2, 0) is 4.79 Å². The second kappa shape index (κ2) is 11.1. The zero-order valence-corrected chi connectivity index (χ0v) is 13.2. The topological polar surface area (TPSA) is 41.1 Å². The molecule has 0 spiro atoms. The second-order valence-corrected chi connectivity index (χ2v) is 5.17. The molecule has 0 atom stereocenters. The molecule has 0 radical (unpaired) electrons. The fourth-order valence-electron chi connectivity index (χ4n) is 1.50. The molecule has 1 rings (SSSR count). The summed E-state index contributed by atoms with van der Waals surface area (Å²) in [6.45, 7) is 6.74. The lowest BCUT2D eigenvalue weighted by Gasteiger charge is -2.07. The number of benzene rings is 1. The average Bonchev–Trinajstić information content (AvgIpc) is 2.37. The first-order valence-electron chi connectivity index (χ1n) is 6.40. The molecule has 5 heteroatoms. The van der Waals surface area contributed by atoms with E-state index in [4.69, 9.17) is 0 Å². The quantitative estimate of drug-likeness (QED) is 0.573. The molecule has 108 valence electrons. The molecule has 19 heavy (non-hydrogen) atoms. The van der Waals surface area contributed by atoms with E-state index in [-0.39, 0.29) is 18.3 Å². The van der Waals surface area contributed by atoms with Gasteiger partial charge in [0.15, 0.2) is 0 Å². The molecule has 0 aromatic heterocycles. The van der Waals surface area contributed by atoms with E-state index in [0.29, 0.717) is 12.3 Å². The molecular formula is C14H23ClN2OS. The zero-order valence-electron chi connectivity index (χ0n) is 11.6. The Balaban J connectivity index is 0.00000324. The van der Waals surface area contributed by atoms with Gasteiger partial charge in [0.2, 0.25) is 5.91 Å². The molecule has 0 aliphatic rings. The van der Waals surface area contributed by atoms with Gasteiger partial charge in [-0.15, -0.1) is 24.2 Å². The molecule has 2 N–H and O–H groups in total. The van der Waals surface area contributed by atoms with Crippen molar-refractivity contribution in [1.82, 2.24) is 10.6 Å². The Hall–Kier alpha value is -0.710. The van der Waals surface area contributed by atoms with Crippen molar-refractivity contribution in [3.63, 3.8) is 0 Å². The van der Waals surface area contributed by atoms with Crippen molar-refractivity contribution in [1.29, 1.82) is 0 Å². The number of nitrogens with one attached hydrogen (secondary N) is 2. The van der Waals surface area contributed by atoms with E-state index >= 15 is 0 Å². The van der Waals surface area contributed by atoms with Crippen molar-refractivity contribution in [2.75, 3.05) is 25.4 Å². The monoisotopic (exact) mass is 302 g/mol. The first kappa shape index (κ1) is 18.3. The van der Waals surface area contributed by atoms with Crippen LogP contribution in [0, 0.1) is 6.92 Å². The molecule has 3 nitrogen and oxygen atoms in total. The zero-order chi connectivity index (χ0) is 13.2. The summed E-state index contributed by atoms with van der Waals surface area (Å²) < 4.78 is 0. The molecule has 1 amide bonds. The number of hydrogen-bond donors (Lipinski definition) is 2. The molecular weight excluding hydrogens is 280 g/mol. The summed E-state index contributed by atoms with van der Waals surface area (Å²) in [6.07, 6.45) is 1.12. The highest BCUT2D eigenvalue weighted by Gasteiger charge is 2.03. The van der Waals surface area contributed by atoms with Crippen LogP contribution in [0.5, 0.6) is 0 Å². The Bertz CT molecular complexity index is 374. The molecule has 0 saturated heterocycles. The largest absolute Gasteiger partial charge is 0.354 e. The van der Waals surface area contributed by atoms with E-state index in [0.717, 1.165) is 19.5 Å². The lowest BCUT2D eigenvalue weighted by Crippen LogP contribution is -2.33. The summed E-state index contributed by atoms with van der Waals surface area (Å²) in [5.74, 6) is 0.583. The fraction of sp³-hybridized carbons (Fsp3) is 0.500. The molecule has 0 aliphatic heterocycles. The fourth-order valence-corrected chi connectivity index (χ4v) is 2.36. The van der Waals surface area contributed by atoms with Gasteiger partial charge in [0.1, 0.15) is 0 Å². The summed E-state index contributed by atoms with van der Waals surface area (Å²) in [5, 5.41) is 6.16. The number of aryl methyl sites for hydroxylation is 1. The number of rotatable bonds is 8. The van der Waals surface area contributed by atoms with Gasteiger partial charge < -0.3 is 10.6 Å². The third-order valence-corrected chi connectivity index (χ3v) is 3.68. The van der Waals surface area contributed by atoms with E-state index in [1.54, 1.807) is 11.8 Å². The van der Waals surface area contributed by atoms with Gasteiger partial charge in [-0.1, -0.05) is 25.1 Å². The van der Waals surface area contributed by atoms with E-state index in [1.165, 1.54) is 10.5 Å². The lowest BCUT2D eigenvalue weighted by molar-refractivity contribution is -0.118. The van der Waals surface area contributed by atoms with Crippen molar-refractivity contribution in [2.45, 2.75) is 25.2 Å². The van der Waals surface area contributed by atoms with Crippen LogP contribution in [0.3, 0.4) is 0 Å². The van der Waals surface area contributed by atoms with E-state index < -0.39 is 0 Å². The van der Waals surface area contributed by atoms with E-state index in [1.807, 2.05) is 12.1 Å². The van der Waals surface area contributed by atoms with Crippen molar-refractivity contribution < 1.29 is 4.79 Å². The summed E-state index contributed by atoms with van der Waals surface area (Å²) in [7, 11) is 0. The highest BCUT2D eigenvalue weighted by molar-refractivity contribution is 8.00. The van der Waals surface area contributed by atoms with Crippen LogP contribution < -0.4 is 10.6 Å². The van der Waals surface area contributed by atoms with Gasteiger partial charge >= 0.3 is 0 Å². The first-order valence-corrected chi connectivity index (χ1v) is 7.38. The van der Waals surface area contributed by atoms with Gasteiger partial charge in [0.25, 0.3) is 0 Å². The molecule has 0 unspecified atom stereocenters. The summed E-state index contributed by atoms with van der Waals surface area (Å²) >= 11 is 1.59. The molecule has 1 aromatic rings. The number of amides is 1. The molecule has 1 aromatic carbocycles. The number of hydrogen-bond acceptors (Lipinski definition) is 3. The normalized spacial score (nSPS) is 9.79. The van der Waals surface area contributed by atoms with Crippen molar-refractivity contribution >= 4 is 30.1 Å². The van der Waals surface area contributed by atoms with Crippen LogP contribution >= 0.6 is 24.2 Å². The highest BCUT2D eigenvalue weighted by atomic mass is 35.5. The van der Waals surface area contributed by atoms with Crippen molar-refractivity contribution in [3.8, 4) is 0 Å². The van der Waals surface area contributed by atoms with Gasteiger partial charge in [-0.2, -0.15) is 0 Å². The Kier molecular flexibility index (Phi) is 10.7. The molecule has 0 heterocycles. The summed E-state index contributed by atoms with van der Waals surface area (Å²) in [4.78, 5) is 12.8. The number of carbonyl (C=O) groups excluding carboxylic acids is 1. The standard InChI is InChI=1S/C14H22N2OS.ClH/c1-3-8-15-9-10-16-14(17)11-18-13-7-5-4-6-12(13)2;/h4-7,15H,3,8-11H2,1-2H3,(H,16,17);1H. The maximum absolute atomic E-state index is 11.6. The highest BCUT2D eigenvalue weighted by Crippen LogP contribution is 2.21. The third kappa shape index (κ3) is 8.14. The summed E-state index contributed by atoms with van der Waals surface area (Å²) in [5.41, 5.74) is 1.22. The minimum Gasteiger partial charge on any atom is -0.354 e. The van der Waals surface area contributed by atoms with Crippen LogP contribution in [0.15, 0.2) is 29.2 Å². The van der Waals surface area contributed by atoms with Gasteiger partial charge in [-0.05, 0) is 31.5 Å². The minimum atomic E-state index is 0. The maximum Gasteiger partial charge on any atom is 0.230 e. The van der Waals surface area contributed by atoms with Gasteiger partial charge in [0, 0.05) is 18.0 Å². The smallest absolute Gasteiger partial charge is 0.230 e. The predicted molar refractivity (Wildman–Crippen MR) is 85.3 cm³/mol. The Morgan fingerprint density at radius 1 is 1.21 bits per heavy atom. The molecule has 0 bridgehead atoms. The average molecular weight is 303 g/mol. The SMILES string of the molecule is CCCNCCNC(=O)CSc1ccccc1C.Cl. The van der Waals surface area contributed by atoms with E-state index in [2.05, 4.69) is 36.6 Å². The molecule has 0 aliphatic carbocycles. The second-order valence-electron chi connectivity index (χ2n) is 4.15. The van der Waals surface area contributed by atoms with Crippen LogP contribution in [-0.4, -0.2) is 31.3 Å². The predicted octanol–water partition coefficient (Wildman–Crippen LogP) is 2.62. The maximum atomic E-state index is 11.6. The van der Waals surface area contributed by atoms with Gasteiger partial charge in [-0.25, -0.2) is 0 Å². The minimum absolute atomic E-state index is 0. The van der Waals surface area contributed by atoms with Crippen LogP contribution in [0.1, 0.15) is 18.9 Å². The van der Waals surface area contributed by atoms with Crippen molar-refractivity contribution in [2.24, 2.45) is 0 Å². The van der Waals surface area contributed by atoms with Crippen LogP contribution in [0.4, 0.5) is 0 Å². The molecule has 0 saturated carbocycles. The third-order valence-electron chi connectivity index (χ3n) is 2.50. The van der Waals surface area contributed by atoms with Crippen LogP contribution in [0.2, 0.25) is 0 Å². The number of halogens is 1.